The summed E-state index contributed by atoms with van der Waals surface area (Å²) >= 11 is 12.4. The van der Waals surface area contributed by atoms with Crippen molar-refractivity contribution in [3.05, 3.63) is 58.6 Å². The number of fused-ring (bicyclic) bond motifs is 1. The van der Waals surface area contributed by atoms with Crippen LogP contribution in [-0.4, -0.2) is 14.5 Å². The molecule has 5 heteroatoms. The monoisotopic (exact) mass is 319 g/mol. The van der Waals surface area contributed by atoms with E-state index in [0.29, 0.717) is 11.6 Å². The van der Waals surface area contributed by atoms with Crippen molar-refractivity contribution in [1.29, 1.82) is 0 Å². The Morgan fingerprint density at radius 3 is 2.81 bits per heavy atom. The molecule has 3 rings (SSSR count). The second kappa shape index (κ2) is 5.66. The number of rotatable bonds is 3. The van der Waals surface area contributed by atoms with Gasteiger partial charge >= 0.3 is 0 Å². The molecule has 0 saturated carbocycles. The van der Waals surface area contributed by atoms with Crippen molar-refractivity contribution in [3.8, 4) is 0 Å². The van der Waals surface area contributed by atoms with E-state index in [0.717, 1.165) is 22.4 Å². The number of hydrogen-bond donors (Lipinski definition) is 0. The summed E-state index contributed by atoms with van der Waals surface area (Å²) in [6.07, 6.45) is 3.68. The van der Waals surface area contributed by atoms with E-state index in [2.05, 4.69) is 21.5 Å². The van der Waals surface area contributed by atoms with Crippen LogP contribution in [0.1, 0.15) is 29.3 Å². The Bertz CT molecular complexity index is 793. The molecule has 0 fully saturated rings. The summed E-state index contributed by atoms with van der Waals surface area (Å²) < 4.78 is 2.11. The third-order valence-electron chi connectivity index (χ3n) is 3.57. The summed E-state index contributed by atoms with van der Waals surface area (Å²) in [5, 5.41) is 0.522. The van der Waals surface area contributed by atoms with Crippen LogP contribution in [0.3, 0.4) is 0 Å². The molecule has 108 valence electrons. The molecule has 0 radical (unpaired) electrons. The molecule has 0 aliphatic rings. The lowest BCUT2D eigenvalue weighted by molar-refractivity contribution is 0.737. The molecule has 1 atom stereocenters. The fourth-order valence-electron chi connectivity index (χ4n) is 2.42. The zero-order valence-corrected chi connectivity index (χ0v) is 13.4. The van der Waals surface area contributed by atoms with Crippen LogP contribution in [-0.2, 0) is 6.54 Å². The van der Waals surface area contributed by atoms with E-state index in [4.69, 9.17) is 23.2 Å². The summed E-state index contributed by atoms with van der Waals surface area (Å²) in [5.74, 6) is 0.845. The van der Waals surface area contributed by atoms with Crippen LogP contribution in [0.15, 0.2) is 36.7 Å². The average molecular weight is 320 g/mol. The summed E-state index contributed by atoms with van der Waals surface area (Å²) in [4.78, 5) is 8.84. The quantitative estimate of drug-likeness (QED) is 0.653. The zero-order valence-electron chi connectivity index (χ0n) is 11.8. The molecule has 0 saturated heterocycles. The van der Waals surface area contributed by atoms with Gasteiger partial charge in [0, 0.05) is 17.4 Å². The maximum Gasteiger partial charge on any atom is 0.128 e. The van der Waals surface area contributed by atoms with E-state index < -0.39 is 0 Å². The molecule has 0 amide bonds. The minimum absolute atomic E-state index is 0.173. The lowest BCUT2D eigenvalue weighted by atomic mass is 10.1. The third-order valence-corrected chi connectivity index (χ3v) is 4.00. The third kappa shape index (κ3) is 2.76. The van der Waals surface area contributed by atoms with Gasteiger partial charge in [-0.3, -0.25) is 4.98 Å². The van der Waals surface area contributed by atoms with Crippen LogP contribution in [0.2, 0.25) is 5.02 Å². The van der Waals surface area contributed by atoms with Crippen molar-refractivity contribution in [3.63, 3.8) is 0 Å². The lowest BCUT2D eigenvalue weighted by Gasteiger charge is -2.12. The number of nitrogens with zero attached hydrogens (tertiary/aromatic N) is 3. The van der Waals surface area contributed by atoms with E-state index in [1.54, 1.807) is 6.20 Å². The Kier molecular flexibility index (Phi) is 3.87. The van der Waals surface area contributed by atoms with Crippen LogP contribution < -0.4 is 0 Å². The summed E-state index contributed by atoms with van der Waals surface area (Å²) in [5.41, 5.74) is 4.24. The van der Waals surface area contributed by atoms with Gasteiger partial charge in [-0.1, -0.05) is 11.6 Å². The number of hydrogen-bond acceptors (Lipinski definition) is 2. The first kappa shape index (κ1) is 14.4. The Balaban J connectivity index is 2.17. The fraction of sp³-hybridized carbons (Fsp3) is 0.250. The van der Waals surface area contributed by atoms with Gasteiger partial charge in [-0.05, 0) is 49.2 Å². The van der Waals surface area contributed by atoms with E-state index in [-0.39, 0.29) is 5.38 Å². The van der Waals surface area contributed by atoms with E-state index in [9.17, 15) is 0 Å². The fourth-order valence-corrected chi connectivity index (χ4v) is 2.75. The highest BCUT2D eigenvalue weighted by Crippen LogP contribution is 2.27. The second-order valence-corrected chi connectivity index (χ2v) is 6.20. The zero-order chi connectivity index (χ0) is 15.0. The molecular formula is C16H15Cl2N3. The van der Waals surface area contributed by atoms with Crippen LogP contribution >= 0.6 is 23.2 Å². The first-order chi connectivity index (χ1) is 10.1. The van der Waals surface area contributed by atoms with E-state index in [1.807, 2.05) is 37.4 Å². The van der Waals surface area contributed by atoms with Crippen molar-refractivity contribution in [2.75, 3.05) is 0 Å². The van der Waals surface area contributed by atoms with Crippen LogP contribution in [0.4, 0.5) is 0 Å². The lowest BCUT2D eigenvalue weighted by Crippen LogP contribution is -2.07. The number of pyridine rings is 1. The molecule has 2 aromatic heterocycles. The molecule has 21 heavy (non-hydrogen) atoms. The Hall–Kier alpha value is -1.58. The smallest absolute Gasteiger partial charge is 0.128 e. The molecule has 2 heterocycles. The van der Waals surface area contributed by atoms with E-state index >= 15 is 0 Å². The van der Waals surface area contributed by atoms with Crippen molar-refractivity contribution >= 4 is 34.2 Å². The number of benzene rings is 1. The van der Waals surface area contributed by atoms with Crippen molar-refractivity contribution < 1.29 is 0 Å². The highest BCUT2D eigenvalue weighted by molar-refractivity contribution is 6.31. The molecule has 0 aliphatic carbocycles. The second-order valence-electron chi connectivity index (χ2n) is 5.11. The maximum absolute atomic E-state index is 6.29. The Labute approximate surface area is 133 Å². The molecule has 3 aromatic rings. The van der Waals surface area contributed by atoms with Gasteiger partial charge < -0.3 is 4.57 Å². The normalized spacial score (nSPS) is 12.8. The number of aromatic nitrogens is 3. The van der Waals surface area contributed by atoms with Gasteiger partial charge in [0.25, 0.3) is 0 Å². The molecule has 3 nitrogen and oxygen atoms in total. The van der Waals surface area contributed by atoms with Crippen molar-refractivity contribution in [2.24, 2.45) is 0 Å². The van der Waals surface area contributed by atoms with Crippen LogP contribution in [0.25, 0.3) is 11.0 Å². The standard InChI is InChI=1S/C16H15Cl2N3/c1-10-5-6-19-8-12(10)9-21-15-7-13(18)3-4-14(15)20-16(21)11(2)17/h3-8,11H,9H2,1-2H3. The predicted molar refractivity (Wildman–Crippen MR) is 87.1 cm³/mol. The number of imidazole rings is 1. The largest absolute Gasteiger partial charge is 0.322 e. The Morgan fingerprint density at radius 2 is 2.10 bits per heavy atom. The molecule has 0 bridgehead atoms. The first-order valence-corrected chi connectivity index (χ1v) is 7.57. The summed E-state index contributed by atoms with van der Waals surface area (Å²) in [6.45, 7) is 4.69. The van der Waals surface area contributed by atoms with Crippen LogP contribution in [0, 0.1) is 6.92 Å². The first-order valence-electron chi connectivity index (χ1n) is 6.75. The SMILES string of the molecule is Cc1ccncc1Cn1c(C(C)Cl)nc2ccc(Cl)cc21. The summed E-state index contributed by atoms with van der Waals surface area (Å²) in [6, 6.07) is 7.70. The van der Waals surface area contributed by atoms with Gasteiger partial charge in [0.05, 0.1) is 23.0 Å². The number of halogens is 2. The molecule has 1 unspecified atom stereocenters. The Morgan fingerprint density at radius 1 is 1.29 bits per heavy atom. The summed E-state index contributed by atoms with van der Waals surface area (Å²) in [7, 11) is 0. The van der Waals surface area contributed by atoms with Crippen LogP contribution in [0.5, 0.6) is 0 Å². The van der Waals surface area contributed by atoms with Crippen molar-refractivity contribution in [2.45, 2.75) is 25.8 Å². The average Bonchev–Trinajstić information content (AvgIpc) is 2.80. The molecular weight excluding hydrogens is 305 g/mol. The van der Waals surface area contributed by atoms with Gasteiger partial charge in [-0.25, -0.2) is 4.98 Å². The highest BCUT2D eigenvalue weighted by atomic mass is 35.5. The number of alkyl halides is 1. The predicted octanol–water partition coefficient (Wildman–Crippen LogP) is 4.74. The van der Waals surface area contributed by atoms with E-state index in [1.165, 1.54) is 5.56 Å². The van der Waals surface area contributed by atoms with Crippen molar-refractivity contribution in [1.82, 2.24) is 14.5 Å². The van der Waals surface area contributed by atoms with Gasteiger partial charge in [0.15, 0.2) is 0 Å². The molecule has 1 aromatic carbocycles. The molecule has 0 spiro atoms. The topological polar surface area (TPSA) is 30.7 Å². The van der Waals surface area contributed by atoms with Gasteiger partial charge in [-0.2, -0.15) is 0 Å². The maximum atomic E-state index is 6.29. The minimum atomic E-state index is -0.173. The highest BCUT2D eigenvalue weighted by Gasteiger charge is 2.16. The van der Waals surface area contributed by atoms with Gasteiger partial charge in [0.1, 0.15) is 5.82 Å². The number of aryl methyl sites for hydroxylation is 1. The minimum Gasteiger partial charge on any atom is -0.322 e. The van der Waals surface area contributed by atoms with Gasteiger partial charge in [0.2, 0.25) is 0 Å². The molecule has 0 N–H and O–H groups in total. The van der Waals surface area contributed by atoms with Gasteiger partial charge in [-0.15, -0.1) is 11.6 Å². The molecule has 0 aliphatic heterocycles.